The van der Waals surface area contributed by atoms with Gasteiger partial charge in [0, 0.05) is 26.2 Å². The Bertz CT molecular complexity index is 584. The minimum Gasteiger partial charge on any atom is -0.377 e. The van der Waals surface area contributed by atoms with Crippen LogP contribution >= 0.6 is 0 Å². The molecule has 156 valence electrons. The van der Waals surface area contributed by atoms with Gasteiger partial charge < -0.3 is 15.4 Å². The monoisotopic (exact) mass is 400 g/mol. The number of allylic oxidation sites excluding steroid dienone is 1. The number of guanidine groups is 1. The number of sulfonamides is 1. The van der Waals surface area contributed by atoms with Crippen molar-refractivity contribution in [2.75, 3.05) is 38.5 Å². The number of rotatable bonds is 10. The first-order valence-electron chi connectivity index (χ1n) is 10.4. The Kier molecular flexibility index (Phi) is 10.2. The van der Waals surface area contributed by atoms with Crippen molar-refractivity contribution in [2.45, 2.75) is 64.4 Å². The van der Waals surface area contributed by atoms with Gasteiger partial charge in [0.15, 0.2) is 5.96 Å². The zero-order valence-corrected chi connectivity index (χ0v) is 17.5. The Balaban J connectivity index is 1.69. The van der Waals surface area contributed by atoms with E-state index in [1.807, 2.05) is 6.92 Å². The minimum absolute atomic E-state index is 0.00473. The van der Waals surface area contributed by atoms with E-state index in [9.17, 15) is 8.42 Å². The molecule has 0 amide bonds. The van der Waals surface area contributed by atoms with Gasteiger partial charge in [-0.25, -0.2) is 13.1 Å². The topological polar surface area (TPSA) is 91.8 Å². The summed E-state index contributed by atoms with van der Waals surface area (Å²) in [5.74, 6) is 0.668. The SMILES string of the molecule is CCNC(=NCCS(=O)(=O)NCC1CCCCO1)NCCC1=CCCCC1. The van der Waals surface area contributed by atoms with Gasteiger partial charge in [0.2, 0.25) is 10.0 Å². The smallest absolute Gasteiger partial charge is 0.213 e. The fourth-order valence-electron chi connectivity index (χ4n) is 3.35. The summed E-state index contributed by atoms with van der Waals surface area (Å²) < 4.78 is 32.5. The fraction of sp³-hybridized carbons (Fsp3) is 0.842. The van der Waals surface area contributed by atoms with Crippen molar-refractivity contribution in [1.82, 2.24) is 15.4 Å². The van der Waals surface area contributed by atoms with Crippen LogP contribution in [0.2, 0.25) is 0 Å². The average Bonchev–Trinajstić information content (AvgIpc) is 2.68. The normalized spacial score (nSPS) is 21.6. The molecule has 1 aliphatic heterocycles. The van der Waals surface area contributed by atoms with E-state index in [0.29, 0.717) is 12.5 Å². The Morgan fingerprint density at radius 2 is 2.15 bits per heavy atom. The lowest BCUT2D eigenvalue weighted by molar-refractivity contribution is 0.0200. The highest BCUT2D eigenvalue weighted by Crippen LogP contribution is 2.19. The maximum absolute atomic E-state index is 12.1. The Morgan fingerprint density at radius 3 is 2.85 bits per heavy atom. The first-order chi connectivity index (χ1) is 13.1. The molecule has 27 heavy (non-hydrogen) atoms. The highest BCUT2D eigenvalue weighted by atomic mass is 32.2. The molecule has 2 aliphatic rings. The molecule has 0 aromatic carbocycles. The molecule has 3 N–H and O–H groups in total. The molecule has 0 radical (unpaired) electrons. The van der Waals surface area contributed by atoms with E-state index in [0.717, 1.165) is 45.4 Å². The summed E-state index contributed by atoms with van der Waals surface area (Å²) in [4.78, 5) is 4.40. The molecule has 2 rings (SSSR count). The van der Waals surface area contributed by atoms with Crippen LogP contribution < -0.4 is 15.4 Å². The molecule has 0 saturated carbocycles. The molecule has 0 bridgehead atoms. The first kappa shape index (κ1) is 22.2. The maximum Gasteiger partial charge on any atom is 0.213 e. The summed E-state index contributed by atoms with van der Waals surface area (Å²) in [6.45, 7) is 4.90. The predicted octanol–water partition coefficient (Wildman–Crippen LogP) is 1.92. The van der Waals surface area contributed by atoms with Crippen LogP contribution in [0, 0.1) is 0 Å². The third kappa shape index (κ3) is 9.58. The van der Waals surface area contributed by atoms with E-state index in [4.69, 9.17) is 4.74 Å². The highest BCUT2D eigenvalue weighted by Gasteiger charge is 2.17. The van der Waals surface area contributed by atoms with Crippen molar-refractivity contribution < 1.29 is 13.2 Å². The van der Waals surface area contributed by atoms with Crippen LogP contribution in [0.25, 0.3) is 0 Å². The lowest BCUT2D eigenvalue weighted by Gasteiger charge is -2.22. The molecule has 1 saturated heterocycles. The molecule has 0 spiro atoms. The van der Waals surface area contributed by atoms with Gasteiger partial charge in [-0.15, -0.1) is 0 Å². The molecule has 8 heteroatoms. The summed E-state index contributed by atoms with van der Waals surface area (Å²) in [7, 11) is -3.33. The Morgan fingerprint density at radius 1 is 1.26 bits per heavy atom. The van der Waals surface area contributed by atoms with Crippen molar-refractivity contribution in [3.05, 3.63) is 11.6 Å². The van der Waals surface area contributed by atoms with Crippen LogP contribution in [-0.4, -0.2) is 59.0 Å². The van der Waals surface area contributed by atoms with Gasteiger partial charge in [0.25, 0.3) is 0 Å². The Labute approximate surface area is 164 Å². The number of nitrogens with one attached hydrogen (secondary N) is 3. The van der Waals surface area contributed by atoms with Gasteiger partial charge in [0.1, 0.15) is 0 Å². The highest BCUT2D eigenvalue weighted by molar-refractivity contribution is 7.89. The van der Waals surface area contributed by atoms with Crippen molar-refractivity contribution in [3.8, 4) is 0 Å². The number of nitrogens with zero attached hydrogens (tertiary/aromatic N) is 1. The predicted molar refractivity (Wildman–Crippen MR) is 111 cm³/mol. The molecule has 1 fully saturated rings. The largest absolute Gasteiger partial charge is 0.377 e. The van der Waals surface area contributed by atoms with Crippen LogP contribution in [0.15, 0.2) is 16.6 Å². The van der Waals surface area contributed by atoms with Gasteiger partial charge in [-0.3, -0.25) is 4.99 Å². The summed E-state index contributed by atoms with van der Waals surface area (Å²) >= 11 is 0. The van der Waals surface area contributed by atoms with Crippen molar-refractivity contribution >= 4 is 16.0 Å². The zero-order valence-electron chi connectivity index (χ0n) is 16.6. The first-order valence-corrected chi connectivity index (χ1v) is 12.0. The van der Waals surface area contributed by atoms with Crippen molar-refractivity contribution in [1.29, 1.82) is 0 Å². The molecule has 1 atom stereocenters. The second-order valence-electron chi connectivity index (χ2n) is 7.20. The second kappa shape index (κ2) is 12.4. The van der Waals surface area contributed by atoms with Gasteiger partial charge in [0.05, 0.1) is 18.4 Å². The number of aliphatic imine (C=N–C) groups is 1. The van der Waals surface area contributed by atoms with Crippen LogP contribution in [0.1, 0.15) is 58.3 Å². The average molecular weight is 401 g/mol. The van der Waals surface area contributed by atoms with E-state index in [1.165, 1.54) is 31.3 Å². The zero-order chi connectivity index (χ0) is 19.4. The number of hydrogen-bond acceptors (Lipinski definition) is 4. The molecule has 1 aliphatic carbocycles. The summed E-state index contributed by atoms with van der Waals surface area (Å²) in [6.07, 6.45) is 11.4. The molecular formula is C19H36N4O3S. The van der Waals surface area contributed by atoms with E-state index in [2.05, 4.69) is 26.4 Å². The number of ether oxygens (including phenoxy) is 1. The van der Waals surface area contributed by atoms with E-state index in [1.54, 1.807) is 0 Å². The van der Waals surface area contributed by atoms with E-state index >= 15 is 0 Å². The van der Waals surface area contributed by atoms with E-state index in [-0.39, 0.29) is 18.4 Å². The van der Waals surface area contributed by atoms with Crippen molar-refractivity contribution in [2.24, 2.45) is 4.99 Å². The second-order valence-corrected chi connectivity index (χ2v) is 9.13. The molecule has 0 aromatic heterocycles. The lowest BCUT2D eigenvalue weighted by atomic mass is 9.97. The van der Waals surface area contributed by atoms with Crippen LogP contribution in [0.5, 0.6) is 0 Å². The number of hydrogen-bond donors (Lipinski definition) is 3. The van der Waals surface area contributed by atoms with Gasteiger partial charge >= 0.3 is 0 Å². The van der Waals surface area contributed by atoms with Gasteiger partial charge in [-0.2, -0.15) is 0 Å². The third-order valence-electron chi connectivity index (χ3n) is 4.90. The van der Waals surface area contributed by atoms with Crippen LogP contribution in [0.3, 0.4) is 0 Å². The standard InChI is InChI=1S/C19H36N4O3S/c1-2-20-19(21-12-11-17-8-4-3-5-9-17)22-13-15-27(24,25)23-16-18-10-6-7-14-26-18/h8,18,23H,2-7,9-16H2,1H3,(H2,20,21,22). The van der Waals surface area contributed by atoms with E-state index < -0.39 is 10.0 Å². The molecule has 1 heterocycles. The molecule has 7 nitrogen and oxygen atoms in total. The summed E-state index contributed by atoms with van der Waals surface area (Å²) in [5, 5.41) is 6.48. The summed E-state index contributed by atoms with van der Waals surface area (Å²) in [6, 6.07) is 0. The third-order valence-corrected chi connectivity index (χ3v) is 6.23. The summed E-state index contributed by atoms with van der Waals surface area (Å²) in [5.41, 5.74) is 1.52. The minimum atomic E-state index is -3.33. The van der Waals surface area contributed by atoms with Crippen LogP contribution in [-0.2, 0) is 14.8 Å². The van der Waals surface area contributed by atoms with Gasteiger partial charge in [-0.05, 0) is 58.3 Å². The maximum atomic E-state index is 12.1. The van der Waals surface area contributed by atoms with Crippen LogP contribution in [0.4, 0.5) is 0 Å². The Hall–Kier alpha value is -1.12. The molecular weight excluding hydrogens is 364 g/mol. The molecule has 1 unspecified atom stereocenters. The van der Waals surface area contributed by atoms with Gasteiger partial charge in [-0.1, -0.05) is 11.6 Å². The lowest BCUT2D eigenvalue weighted by Crippen LogP contribution is -2.39. The fourth-order valence-corrected chi connectivity index (χ4v) is 4.27. The quantitative estimate of drug-likeness (QED) is 0.296. The molecule has 0 aromatic rings. The van der Waals surface area contributed by atoms with Crippen molar-refractivity contribution in [3.63, 3.8) is 0 Å².